The third-order valence-electron chi connectivity index (χ3n) is 6.08. The van der Waals surface area contributed by atoms with Gasteiger partial charge in [0, 0.05) is 12.0 Å². The summed E-state index contributed by atoms with van der Waals surface area (Å²) in [4.78, 5) is 12.1. The molecule has 1 aromatic carbocycles. The molecule has 1 saturated carbocycles. The summed E-state index contributed by atoms with van der Waals surface area (Å²) in [6.45, 7) is 7.00. The normalized spacial score (nSPS) is 24.3. The van der Waals surface area contributed by atoms with E-state index in [1.165, 1.54) is 5.56 Å². The average Bonchev–Trinajstić information content (AvgIpc) is 3.25. The summed E-state index contributed by atoms with van der Waals surface area (Å²) in [5.41, 5.74) is 1.33. The number of piperidine rings is 1. The Morgan fingerprint density at radius 1 is 1.28 bits per heavy atom. The van der Waals surface area contributed by atoms with E-state index in [-0.39, 0.29) is 30.0 Å². The third kappa shape index (κ3) is 3.82. The van der Waals surface area contributed by atoms with E-state index >= 15 is 0 Å². The van der Waals surface area contributed by atoms with Crippen molar-refractivity contribution in [1.82, 2.24) is 10.6 Å². The molecule has 5 nitrogen and oxygen atoms in total. The highest BCUT2D eigenvalue weighted by molar-refractivity contribution is 5.77. The van der Waals surface area contributed by atoms with E-state index in [2.05, 4.69) is 24.5 Å². The van der Waals surface area contributed by atoms with Crippen LogP contribution >= 0.6 is 0 Å². The van der Waals surface area contributed by atoms with Gasteiger partial charge in [-0.25, -0.2) is 0 Å². The lowest BCUT2D eigenvalue weighted by atomic mass is 9.85. The Hall–Kier alpha value is -1.59. The Balaban J connectivity index is 1.45. The number of hydrogen-bond acceptors (Lipinski definition) is 4. The van der Waals surface area contributed by atoms with Gasteiger partial charge in [-0.2, -0.15) is 0 Å². The van der Waals surface area contributed by atoms with E-state index in [1.54, 1.807) is 0 Å². The van der Waals surface area contributed by atoms with Gasteiger partial charge in [-0.15, -0.1) is 0 Å². The molecule has 1 atom stereocenters. The van der Waals surface area contributed by atoms with Crippen LogP contribution in [0.15, 0.2) is 24.3 Å². The van der Waals surface area contributed by atoms with Crippen LogP contribution in [0.2, 0.25) is 0 Å². The van der Waals surface area contributed by atoms with Gasteiger partial charge in [-0.05, 0) is 61.4 Å². The number of rotatable bonds is 7. The van der Waals surface area contributed by atoms with Gasteiger partial charge in [0.1, 0.15) is 5.75 Å². The standard InChI is InChI=1S/C20H30N2O3/c1-15(2)16-3-5-17(6-4-16)25-11-18(24)22-13-20(14-23)12-19(20)7-9-21-10-8-19/h3-6,15,21,23H,7-14H2,1-2H3,(H,22,24). The van der Waals surface area contributed by atoms with Crippen LogP contribution in [0.25, 0.3) is 0 Å². The molecule has 3 N–H and O–H groups in total. The topological polar surface area (TPSA) is 70.6 Å². The molecule has 0 bridgehead atoms. The van der Waals surface area contributed by atoms with Crippen LogP contribution in [0.5, 0.6) is 5.75 Å². The summed E-state index contributed by atoms with van der Waals surface area (Å²) in [7, 11) is 0. The molecule has 5 heteroatoms. The number of aliphatic hydroxyl groups excluding tert-OH is 1. The van der Waals surface area contributed by atoms with Crippen molar-refractivity contribution >= 4 is 5.91 Å². The molecule has 138 valence electrons. The Kier molecular flexibility index (Phi) is 5.35. The number of ether oxygens (including phenoxy) is 1. The number of benzene rings is 1. The van der Waals surface area contributed by atoms with Crippen LogP contribution in [0, 0.1) is 10.8 Å². The van der Waals surface area contributed by atoms with E-state index in [4.69, 9.17) is 4.74 Å². The zero-order valence-corrected chi connectivity index (χ0v) is 15.3. The SMILES string of the molecule is CC(C)c1ccc(OCC(=O)NCC2(CO)CC23CCNCC3)cc1. The smallest absolute Gasteiger partial charge is 0.257 e. The molecule has 1 aliphatic carbocycles. The minimum absolute atomic E-state index is 0.0110. The van der Waals surface area contributed by atoms with Crippen molar-refractivity contribution in [3.8, 4) is 5.75 Å². The molecule has 1 amide bonds. The molecular formula is C20H30N2O3. The van der Waals surface area contributed by atoms with Crippen molar-refractivity contribution < 1.29 is 14.6 Å². The third-order valence-corrected chi connectivity index (χ3v) is 6.08. The van der Waals surface area contributed by atoms with Crippen LogP contribution in [-0.2, 0) is 4.79 Å². The van der Waals surface area contributed by atoms with E-state index in [1.807, 2.05) is 24.3 Å². The van der Waals surface area contributed by atoms with Crippen molar-refractivity contribution in [3.63, 3.8) is 0 Å². The molecule has 2 aliphatic rings. The average molecular weight is 346 g/mol. The van der Waals surface area contributed by atoms with Crippen molar-refractivity contribution in [2.24, 2.45) is 10.8 Å². The lowest BCUT2D eigenvalue weighted by Crippen LogP contribution is -2.40. The summed E-state index contributed by atoms with van der Waals surface area (Å²) in [6, 6.07) is 7.87. The summed E-state index contributed by atoms with van der Waals surface area (Å²) >= 11 is 0. The summed E-state index contributed by atoms with van der Waals surface area (Å²) in [6.07, 6.45) is 3.18. The van der Waals surface area contributed by atoms with Gasteiger partial charge in [-0.1, -0.05) is 26.0 Å². The van der Waals surface area contributed by atoms with Gasteiger partial charge in [0.25, 0.3) is 5.91 Å². The second-order valence-electron chi connectivity index (χ2n) is 7.93. The molecule has 1 saturated heterocycles. The Morgan fingerprint density at radius 3 is 2.56 bits per heavy atom. The highest BCUT2D eigenvalue weighted by Gasteiger charge is 2.66. The van der Waals surface area contributed by atoms with Crippen LogP contribution < -0.4 is 15.4 Å². The zero-order chi connectivity index (χ0) is 17.9. The first-order valence-corrected chi connectivity index (χ1v) is 9.31. The summed E-state index contributed by atoms with van der Waals surface area (Å²) in [5, 5.41) is 16.2. The molecule has 1 aromatic rings. The van der Waals surface area contributed by atoms with Crippen LogP contribution in [0.1, 0.15) is 44.6 Å². The Bertz CT molecular complexity index is 593. The maximum absolute atomic E-state index is 12.1. The molecular weight excluding hydrogens is 316 g/mol. The highest BCUT2D eigenvalue weighted by Crippen LogP contribution is 2.67. The van der Waals surface area contributed by atoms with Gasteiger partial charge in [0.05, 0.1) is 6.61 Å². The maximum atomic E-state index is 12.1. The van der Waals surface area contributed by atoms with E-state index in [0.717, 1.165) is 32.4 Å². The largest absolute Gasteiger partial charge is 0.484 e. The lowest BCUT2D eigenvalue weighted by molar-refractivity contribution is -0.123. The van der Waals surface area contributed by atoms with E-state index < -0.39 is 0 Å². The van der Waals surface area contributed by atoms with Crippen molar-refractivity contribution in [3.05, 3.63) is 29.8 Å². The molecule has 2 fully saturated rings. The predicted molar refractivity (Wildman–Crippen MR) is 97.7 cm³/mol. The van der Waals surface area contributed by atoms with Crippen molar-refractivity contribution in [1.29, 1.82) is 0 Å². The predicted octanol–water partition coefficient (Wildman–Crippen LogP) is 2.06. The number of carbonyl (C=O) groups excluding carboxylic acids is 1. The number of nitrogens with one attached hydrogen (secondary N) is 2. The van der Waals surface area contributed by atoms with Crippen LogP contribution in [-0.4, -0.2) is 43.9 Å². The fourth-order valence-electron chi connectivity index (χ4n) is 4.16. The van der Waals surface area contributed by atoms with E-state index in [9.17, 15) is 9.90 Å². The fourth-order valence-corrected chi connectivity index (χ4v) is 4.16. The van der Waals surface area contributed by atoms with Gasteiger partial charge in [-0.3, -0.25) is 4.79 Å². The van der Waals surface area contributed by atoms with Crippen molar-refractivity contribution in [2.45, 2.75) is 39.0 Å². The Labute approximate surface area is 150 Å². The van der Waals surface area contributed by atoms with Gasteiger partial charge >= 0.3 is 0 Å². The van der Waals surface area contributed by atoms with E-state index in [0.29, 0.717) is 18.2 Å². The quantitative estimate of drug-likeness (QED) is 0.707. The molecule has 0 aromatic heterocycles. The minimum atomic E-state index is -0.135. The first kappa shape index (κ1) is 18.2. The van der Waals surface area contributed by atoms with Crippen LogP contribution in [0.3, 0.4) is 0 Å². The zero-order valence-electron chi connectivity index (χ0n) is 15.3. The minimum Gasteiger partial charge on any atom is -0.484 e. The summed E-state index contributed by atoms with van der Waals surface area (Å²) < 4.78 is 5.57. The molecule has 1 unspecified atom stereocenters. The van der Waals surface area contributed by atoms with Gasteiger partial charge in [0.15, 0.2) is 6.61 Å². The van der Waals surface area contributed by atoms with Gasteiger partial charge in [0.2, 0.25) is 0 Å². The first-order valence-electron chi connectivity index (χ1n) is 9.31. The molecule has 3 rings (SSSR count). The fraction of sp³-hybridized carbons (Fsp3) is 0.650. The van der Waals surface area contributed by atoms with Gasteiger partial charge < -0.3 is 20.5 Å². The molecule has 25 heavy (non-hydrogen) atoms. The number of carbonyl (C=O) groups is 1. The second kappa shape index (κ2) is 7.34. The first-order chi connectivity index (χ1) is 12.0. The molecule has 1 spiro atoms. The lowest BCUT2D eigenvalue weighted by Gasteiger charge is -2.29. The Morgan fingerprint density at radius 2 is 1.96 bits per heavy atom. The molecule has 0 radical (unpaired) electrons. The molecule has 1 heterocycles. The van der Waals surface area contributed by atoms with Crippen LogP contribution in [0.4, 0.5) is 0 Å². The summed E-state index contributed by atoms with van der Waals surface area (Å²) in [5.74, 6) is 1.06. The number of aliphatic hydroxyl groups is 1. The monoisotopic (exact) mass is 346 g/mol. The highest BCUT2D eigenvalue weighted by atomic mass is 16.5. The second-order valence-corrected chi connectivity index (χ2v) is 7.93. The number of amides is 1. The maximum Gasteiger partial charge on any atom is 0.257 e. The van der Waals surface area contributed by atoms with Crippen molar-refractivity contribution in [2.75, 3.05) is 32.8 Å². The number of hydrogen-bond donors (Lipinski definition) is 3. The molecule has 1 aliphatic heterocycles.